The molecule has 21 heavy (non-hydrogen) atoms. The molecule has 110 valence electrons. The number of nitrogen functional groups attached to an aromatic ring is 1. The zero-order valence-electron chi connectivity index (χ0n) is 11.4. The molecule has 0 bridgehead atoms. The average molecular weight is 293 g/mol. The minimum atomic E-state index is -0.969. The average Bonchev–Trinajstić information content (AvgIpc) is 2.36. The van der Waals surface area contributed by atoms with Gasteiger partial charge in [0.2, 0.25) is 5.95 Å². The molecule has 1 amide bonds. The number of rotatable bonds is 3. The number of carbonyl (C=O) groups is 1. The van der Waals surface area contributed by atoms with Crippen LogP contribution in [0.25, 0.3) is 0 Å². The number of nitrogens with two attached hydrogens (primary N) is 1. The van der Waals surface area contributed by atoms with E-state index in [-0.39, 0.29) is 11.5 Å². The molecule has 0 fully saturated rings. The summed E-state index contributed by atoms with van der Waals surface area (Å²) in [6.45, 7) is 3.48. The Labute approximate surface area is 119 Å². The van der Waals surface area contributed by atoms with Gasteiger partial charge in [0.25, 0.3) is 5.91 Å². The summed E-state index contributed by atoms with van der Waals surface area (Å²) in [6.07, 6.45) is 0. The van der Waals surface area contributed by atoms with Crippen molar-refractivity contribution < 1.29 is 13.6 Å². The Balaban J connectivity index is 2.28. The van der Waals surface area contributed by atoms with Crippen molar-refractivity contribution in [2.24, 2.45) is 5.84 Å². The van der Waals surface area contributed by atoms with Crippen molar-refractivity contribution in [3.05, 3.63) is 46.8 Å². The number of amides is 1. The third-order valence-corrected chi connectivity index (χ3v) is 2.66. The van der Waals surface area contributed by atoms with E-state index in [2.05, 4.69) is 15.3 Å². The molecule has 0 unspecified atom stereocenters. The maximum atomic E-state index is 13.5. The first kappa shape index (κ1) is 14.8. The summed E-state index contributed by atoms with van der Waals surface area (Å²) in [4.78, 5) is 20.0. The minimum absolute atomic E-state index is 0.0688. The third kappa shape index (κ3) is 3.29. The van der Waals surface area contributed by atoms with Crippen LogP contribution in [0.2, 0.25) is 0 Å². The zero-order chi connectivity index (χ0) is 15.6. The summed E-state index contributed by atoms with van der Waals surface area (Å²) in [7, 11) is 0. The van der Waals surface area contributed by atoms with E-state index >= 15 is 0 Å². The molecule has 0 aliphatic heterocycles. The van der Waals surface area contributed by atoms with Gasteiger partial charge in [0.1, 0.15) is 5.69 Å². The van der Waals surface area contributed by atoms with E-state index in [4.69, 9.17) is 5.84 Å². The number of hydrogen-bond donors (Lipinski definition) is 3. The highest BCUT2D eigenvalue weighted by Gasteiger charge is 2.15. The summed E-state index contributed by atoms with van der Waals surface area (Å²) >= 11 is 0. The maximum absolute atomic E-state index is 13.5. The number of hydrogen-bond acceptors (Lipinski definition) is 5. The molecule has 0 aliphatic rings. The van der Waals surface area contributed by atoms with Crippen molar-refractivity contribution in [2.75, 3.05) is 10.7 Å². The Morgan fingerprint density at radius 1 is 1.10 bits per heavy atom. The van der Waals surface area contributed by atoms with Crippen molar-refractivity contribution in [3.8, 4) is 0 Å². The van der Waals surface area contributed by atoms with E-state index < -0.39 is 23.2 Å². The van der Waals surface area contributed by atoms with Crippen LogP contribution >= 0.6 is 0 Å². The Hall–Kier alpha value is -2.61. The second-order valence-electron chi connectivity index (χ2n) is 4.39. The quantitative estimate of drug-likeness (QED) is 0.594. The number of nitrogens with one attached hydrogen (secondary N) is 2. The summed E-state index contributed by atoms with van der Waals surface area (Å²) in [5.74, 6) is 2.39. The maximum Gasteiger partial charge on any atom is 0.258 e. The summed E-state index contributed by atoms with van der Waals surface area (Å²) in [6, 6.07) is 3.48. The molecule has 0 spiro atoms. The van der Waals surface area contributed by atoms with E-state index in [9.17, 15) is 13.6 Å². The number of aryl methyl sites for hydroxylation is 2. The highest BCUT2D eigenvalue weighted by molar-refractivity contribution is 6.03. The predicted octanol–water partition coefficient (Wildman–Crippen LogP) is 1.91. The van der Waals surface area contributed by atoms with Crippen LogP contribution in [0, 0.1) is 25.5 Å². The van der Waals surface area contributed by atoms with Crippen molar-refractivity contribution in [2.45, 2.75) is 13.8 Å². The fourth-order valence-electron chi connectivity index (χ4n) is 1.80. The molecule has 4 N–H and O–H groups in total. The van der Waals surface area contributed by atoms with E-state index in [1.807, 2.05) is 5.43 Å². The van der Waals surface area contributed by atoms with Crippen molar-refractivity contribution in [3.63, 3.8) is 0 Å². The van der Waals surface area contributed by atoms with Gasteiger partial charge in [0, 0.05) is 17.0 Å². The van der Waals surface area contributed by atoms with Crippen LogP contribution in [0.4, 0.5) is 20.4 Å². The Bertz CT molecular complexity index is 662. The molecule has 1 aromatic carbocycles. The first-order chi connectivity index (χ1) is 9.90. The molecule has 8 heteroatoms. The summed E-state index contributed by atoms with van der Waals surface area (Å²) in [5.41, 5.74) is 2.51. The van der Waals surface area contributed by atoms with Crippen LogP contribution in [-0.4, -0.2) is 15.9 Å². The zero-order valence-corrected chi connectivity index (χ0v) is 11.4. The lowest BCUT2D eigenvalue weighted by molar-refractivity contribution is 0.102. The second-order valence-corrected chi connectivity index (χ2v) is 4.39. The molecule has 2 rings (SSSR count). The molecule has 0 saturated carbocycles. The van der Waals surface area contributed by atoms with E-state index in [1.54, 1.807) is 19.9 Å². The second kappa shape index (κ2) is 5.80. The van der Waals surface area contributed by atoms with Crippen molar-refractivity contribution in [1.82, 2.24) is 9.97 Å². The molecule has 6 nitrogen and oxygen atoms in total. The lowest BCUT2D eigenvalue weighted by Crippen LogP contribution is -2.17. The third-order valence-electron chi connectivity index (χ3n) is 2.66. The van der Waals surface area contributed by atoms with Gasteiger partial charge in [-0.2, -0.15) is 0 Å². The number of nitrogens with zero attached hydrogens (tertiary/aromatic N) is 2. The van der Waals surface area contributed by atoms with Crippen LogP contribution < -0.4 is 16.6 Å². The fraction of sp³-hybridized carbons (Fsp3) is 0.154. The van der Waals surface area contributed by atoms with Crippen LogP contribution in [0.1, 0.15) is 21.7 Å². The largest absolute Gasteiger partial charge is 0.319 e. The number of hydrazine groups is 1. The normalized spacial score (nSPS) is 10.3. The Morgan fingerprint density at radius 2 is 1.62 bits per heavy atom. The van der Waals surface area contributed by atoms with Crippen LogP contribution in [0.5, 0.6) is 0 Å². The highest BCUT2D eigenvalue weighted by atomic mass is 19.1. The van der Waals surface area contributed by atoms with Crippen molar-refractivity contribution >= 4 is 17.5 Å². The number of halogens is 2. The topological polar surface area (TPSA) is 92.9 Å². The van der Waals surface area contributed by atoms with Crippen molar-refractivity contribution in [1.29, 1.82) is 0 Å². The number of carbonyl (C=O) groups excluding carboxylic acids is 1. The lowest BCUT2D eigenvalue weighted by atomic mass is 10.1. The van der Waals surface area contributed by atoms with Gasteiger partial charge in [0.05, 0.1) is 0 Å². The molecule has 0 aliphatic carbocycles. The summed E-state index contributed by atoms with van der Waals surface area (Å²) < 4.78 is 27.1. The van der Waals surface area contributed by atoms with Gasteiger partial charge in [0.15, 0.2) is 11.6 Å². The number of benzene rings is 1. The highest BCUT2D eigenvalue weighted by Crippen LogP contribution is 2.20. The van der Waals surface area contributed by atoms with Crippen LogP contribution in [0.3, 0.4) is 0 Å². The molecule has 0 radical (unpaired) electrons. The van der Waals surface area contributed by atoms with Gasteiger partial charge >= 0.3 is 0 Å². The molecule has 1 aromatic heterocycles. The van der Waals surface area contributed by atoms with Crippen LogP contribution in [0.15, 0.2) is 18.2 Å². The van der Waals surface area contributed by atoms with E-state index in [0.717, 1.165) is 12.1 Å². The van der Waals surface area contributed by atoms with Gasteiger partial charge < -0.3 is 5.43 Å². The molecule has 0 atom stereocenters. The van der Waals surface area contributed by atoms with E-state index in [1.165, 1.54) is 0 Å². The van der Waals surface area contributed by atoms with Gasteiger partial charge in [-0.1, -0.05) is 0 Å². The standard InChI is InChI=1S/C13H13F2N5O/c1-6-3-7(2)18-13(17-6)19-12(21)8-4-9(14)11(20-16)10(15)5-8/h3-5,20H,16H2,1-2H3,(H,17,18,19,21). The smallest absolute Gasteiger partial charge is 0.258 e. The minimum Gasteiger partial charge on any atom is -0.319 e. The van der Waals surface area contributed by atoms with Gasteiger partial charge in [-0.15, -0.1) is 0 Å². The molecular weight excluding hydrogens is 280 g/mol. The summed E-state index contributed by atoms with van der Waals surface area (Å²) in [5, 5.41) is 2.39. The monoisotopic (exact) mass is 293 g/mol. The number of aromatic nitrogens is 2. The fourth-order valence-corrected chi connectivity index (χ4v) is 1.80. The SMILES string of the molecule is Cc1cc(C)nc(NC(=O)c2cc(F)c(NN)c(F)c2)n1. The Kier molecular flexibility index (Phi) is 4.08. The Morgan fingerprint density at radius 3 is 2.10 bits per heavy atom. The first-order valence-electron chi connectivity index (χ1n) is 6.00. The lowest BCUT2D eigenvalue weighted by Gasteiger charge is -2.08. The van der Waals surface area contributed by atoms with Crippen LogP contribution in [-0.2, 0) is 0 Å². The molecule has 0 saturated heterocycles. The van der Waals surface area contributed by atoms with Gasteiger partial charge in [-0.25, -0.2) is 18.7 Å². The van der Waals surface area contributed by atoms with E-state index in [0.29, 0.717) is 11.4 Å². The molecular formula is C13H13F2N5O. The first-order valence-corrected chi connectivity index (χ1v) is 6.00. The number of anilines is 2. The predicted molar refractivity (Wildman–Crippen MR) is 73.6 cm³/mol. The van der Waals surface area contributed by atoms with Gasteiger partial charge in [-0.3, -0.25) is 16.0 Å². The molecule has 1 heterocycles. The van der Waals surface area contributed by atoms with Gasteiger partial charge in [-0.05, 0) is 32.0 Å². The molecule has 2 aromatic rings.